The smallest absolute Gasteiger partial charge is 0.315 e. The molecule has 0 amide bonds. The molecule has 0 saturated carbocycles. The Labute approximate surface area is 98.0 Å². The minimum absolute atomic E-state index is 0.296. The molecule has 5 heteroatoms. The first-order valence-electron chi connectivity index (χ1n) is 5.39. The summed E-state index contributed by atoms with van der Waals surface area (Å²) in [6, 6.07) is 0. The van der Waals surface area contributed by atoms with Crippen molar-refractivity contribution in [3.05, 3.63) is 25.3 Å². The molecule has 0 aromatic carbocycles. The highest BCUT2D eigenvalue weighted by molar-refractivity contribution is 7.55. The molecule has 4 nitrogen and oxygen atoms in total. The summed E-state index contributed by atoms with van der Waals surface area (Å²) in [7, 11) is -3.34. The van der Waals surface area contributed by atoms with Gasteiger partial charge in [0.05, 0.1) is 13.2 Å². The summed E-state index contributed by atoms with van der Waals surface area (Å²) in [6.07, 6.45) is 3.95. The van der Waals surface area contributed by atoms with E-state index >= 15 is 0 Å². The first-order valence-corrected chi connectivity index (χ1v) is 6.93. The fraction of sp³-hybridized carbons (Fsp3) is 0.636. The monoisotopic (exact) mass is 247 g/mol. The zero-order chi connectivity index (χ0) is 12.7. The molecule has 2 N–H and O–H groups in total. The second-order valence-corrected chi connectivity index (χ2v) is 5.82. The standard InChI is InChI=1S/C11H22NO3P/c1-5-9-11(12,10-6-2)16(13,14-7-3)15-8-4/h5-6H,1-2,7-10,12H2,3-4H3. The van der Waals surface area contributed by atoms with Crippen LogP contribution in [0.25, 0.3) is 0 Å². The highest BCUT2D eigenvalue weighted by Crippen LogP contribution is 2.60. The van der Waals surface area contributed by atoms with Crippen molar-refractivity contribution >= 4 is 7.60 Å². The summed E-state index contributed by atoms with van der Waals surface area (Å²) in [5.74, 6) is 0. The van der Waals surface area contributed by atoms with Crippen LogP contribution in [-0.2, 0) is 13.6 Å². The van der Waals surface area contributed by atoms with Crippen LogP contribution in [0.5, 0.6) is 0 Å². The van der Waals surface area contributed by atoms with Crippen molar-refractivity contribution in [3.8, 4) is 0 Å². The van der Waals surface area contributed by atoms with E-state index in [9.17, 15) is 4.57 Å². The predicted octanol–water partition coefficient (Wildman–Crippen LogP) is 3.06. The Balaban J connectivity index is 5.14. The van der Waals surface area contributed by atoms with Crippen LogP contribution in [0.4, 0.5) is 0 Å². The van der Waals surface area contributed by atoms with Crippen LogP contribution >= 0.6 is 7.60 Å². The van der Waals surface area contributed by atoms with Crippen molar-refractivity contribution < 1.29 is 13.6 Å². The van der Waals surface area contributed by atoms with E-state index in [-0.39, 0.29) is 0 Å². The molecule has 0 unspecified atom stereocenters. The zero-order valence-corrected chi connectivity index (χ0v) is 11.0. The maximum absolute atomic E-state index is 12.6. The molecule has 0 heterocycles. The Morgan fingerprint density at radius 2 is 1.56 bits per heavy atom. The Morgan fingerprint density at radius 3 is 1.81 bits per heavy atom. The molecular formula is C11H22NO3P. The maximum atomic E-state index is 12.6. The van der Waals surface area contributed by atoms with Gasteiger partial charge in [-0.1, -0.05) is 12.2 Å². The highest BCUT2D eigenvalue weighted by atomic mass is 31.2. The minimum atomic E-state index is -3.34. The van der Waals surface area contributed by atoms with Crippen LogP contribution in [-0.4, -0.2) is 18.5 Å². The summed E-state index contributed by atoms with van der Waals surface area (Å²) in [5, 5.41) is -1.07. The van der Waals surface area contributed by atoms with E-state index in [0.29, 0.717) is 26.1 Å². The van der Waals surface area contributed by atoms with Gasteiger partial charge in [-0.3, -0.25) is 4.57 Å². The lowest BCUT2D eigenvalue weighted by atomic mass is 10.1. The summed E-state index contributed by atoms with van der Waals surface area (Å²) >= 11 is 0. The van der Waals surface area contributed by atoms with Crippen LogP contribution < -0.4 is 5.73 Å². The molecule has 16 heavy (non-hydrogen) atoms. The van der Waals surface area contributed by atoms with Crippen molar-refractivity contribution in [2.75, 3.05) is 13.2 Å². The third-order valence-electron chi connectivity index (χ3n) is 2.14. The Bertz CT molecular complexity index is 258. The lowest BCUT2D eigenvalue weighted by Crippen LogP contribution is -2.40. The van der Waals surface area contributed by atoms with Crippen LogP contribution in [0, 0.1) is 0 Å². The summed E-state index contributed by atoms with van der Waals surface area (Å²) < 4.78 is 23.1. The SMILES string of the molecule is C=CCC(N)(CC=C)P(=O)(OCC)OCC. The van der Waals surface area contributed by atoms with Gasteiger partial charge in [-0.05, 0) is 26.7 Å². The molecule has 0 fully saturated rings. The third kappa shape index (κ3) is 3.56. The van der Waals surface area contributed by atoms with Gasteiger partial charge >= 0.3 is 7.60 Å². The minimum Gasteiger partial charge on any atom is -0.315 e. The van der Waals surface area contributed by atoms with Gasteiger partial charge < -0.3 is 14.8 Å². The molecule has 0 radical (unpaired) electrons. The number of hydrogen-bond donors (Lipinski definition) is 1. The zero-order valence-electron chi connectivity index (χ0n) is 10.1. The van der Waals surface area contributed by atoms with Gasteiger partial charge in [0.1, 0.15) is 5.28 Å². The van der Waals surface area contributed by atoms with E-state index < -0.39 is 12.9 Å². The van der Waals surface area contributed by atoms with Crippen LogP contribution in [0.1, 0.15) is 26.7 Å². The Hall–Kier alpha value is -0.410. The average Bonchev–Trinajstić information content (AvgIpc) is 2.19. The van der Waals surface area contributed by atoms with Gasteiger partial charge in [-0.15, -0.1) is 13.2 Å². The predicted molar refractivity (Wildman–Crippen MR) is 67.4 cm³/mol. The molecule has 94 valence electrons. The lowest BCUT2D eigenvalue weighted by Gasteiger charge is -2.34. The number of nitrogens with two attached hydrogens (primary N) is 1. The topological polar surface area (TPSA) is 61.6 Å². The van der Waals surface area contributed by atoms with Crippen molar-refractivity contribution in [2.24, 2.45) is 5.73 Å². The van der Waals surface area contributed by atoms with E-state index in [1.165, 1.54) is 0 Å². The van der Waals surface area contributed by atoms with Crippen molar-refractivity contribution in [2.45, 2.75) is 32.0 Å². The number of rotatable bonds is 9. The van der Waals surface area contributed by atoms with E-state index in [0.717, 1.165) is 0 Å². The fourth-order valence-electron chi connectivity index (χ4n) is 1.44. The van der Waals surface area contributed by atoms with Crippen molar-refractivity contribution in [3.63, 3.8) is 0 Å². The Kier molecular flexibility index (Phi) is 6.84. The average molecular weight is 247 g/mol. The van der Waals surface area contributed by atoms with E-state index in [4.69, 9.17) is 14.8 Å². The second kappa shape index (κ2) is 7.02. The van der Waals surface area contributed by atoms with Gasteiger partial charge in [-0.25, -0.2) is 0 Å². The molecule has 0 bridgehead atoms. The Morgan fingerprint density at radius 1 is 1.19 bits per heavy atom. The quantitative estimate of drug-likeness (QED) is 0.502. The molecule has 0 atom stereocenters. The van der Waals surface area contributed by atoms with E-state index in [1.807, 2.05) is 0 Å². The van der Waals surface area contributed by atoms with Gasteiger partial charge in [0.25, 0.3) is 0 Å². The van der Waals surface area contributed by atoms with Gasteiger partial charge in [0, 0.05) is 0 Å². The molecule has 0 aromatic rings. The van der Waals surface area contributed by atoms with E-state index in [1.54, 1.807) is 26.0 Å². The molecule has 0 rings (SSSR count). The summed E-state index contributed by atoms with van der Waals surface area (Å²) in [4.78, 5) is 0. The van der Waals surface area contributed by atoms with Crippen molar-refractivity contribution in [1.82, 2.24) is 0 Å². The highest BCUT2D eigenvalue weighted by Gasteiger charge is 2.45. The summed E-state index contributed by atoms with van der Waals surface area (Å²) in [5.41, 5.74) is 6.11. The molecular weight excluding hydrogens is 225 g/mol. The first kappa shape index (κ1) is 15.6. The maximum Gasteiger partial charge on any atom is 0.350 e. The van der Waals surface area contributed by atoms with E-state index in [2.05, 4.69) is 13.2 Å². The largest absolute Gasteiger partial charge is 0.350 e. The molecule has 0 aliphatic heterocycles. The van der Waals surface area contributed by atoms with Crippen LogP contribution in [0.3, 0.4) is 0 Å². The molecule has 0 aliphatic rings. The van der Waals surface area contributed by atoms with Gasteiger partial charge in [-0.2, -0.15) is 0 Å². The number of hydrogen-bond acceptors (Lipinski definition) is 4. The lowest BCUT2D eigenvalue weighted by molar-refractivity contribution is 0.195. The molecule has 0 spiro atoms. The van der Waals surface area contributed by atoms with Gasteiger partial charge in [0.15, 0.2) is 0 Å². The molecule has 0 aromatic heterocycles. The normalized spacial score (nSPS) is 12.4. The summed E-state index contributed by atoms with van der Waals surface area (Å²) in [6.45, 7) is 11.3. The van der Waals surface area contributed by atoms with Crippen LogP contribution in [0.2, 0.25) is 0 Å². The second-order valence-electron chi connectivity index (χ2n) is 3.42. The van der Waals surface area contributed by atoms with Gasteiger partial charge in [0.2, 0.25) is 0 Å². The third-order valence-corrected chi connectivity index (χ3v) is 4.79. The first-order chi connectivity index (χ1) is 7.49. The van der Waals surface area contributed by atoms with Crippen molar-refractivity contribution in [1.29, 1.82) is 0 Å². The molecule has 0 aliphatic carbocycles. The van der Waals surface area contributed by atoms with Crippen LogP contribution in [0.15, 0.2) is 25.3 Å². The fourth-order valence-corrected chi connectivity index (χ4v) is 3.42. The molecule has 0 saturated heterocycles.